The summed E-state index contributed by atoms with van der Waals surface area (Å²) in [6.45, 7) is 18.6. The third kappa shape index (κ3) is 15.8. The molecule has 0 saturated heterocycles. The molecule has 0 fully saturated rings. The Morgan fingerprint density at radius 3 is 0.844 bits per heavy atom. The molecular weight excluding hydrogens is 404 g/mol. The minimum absolute atomic E-state index is 0. The van der Waals surface area contributed by atoms with Gasteiger partial charge in [0, 0.05) is 0 Å². The van der Waals surface area contributed by atoms with Gasteiger partial charge in [-0.2, -0.15) is 0 Å². The smallest absolute Gasteiger partial charge is 0.0776 e. The van der Waals surface area contributed by atoms with E-state index in [1.807, 2.05) is 41.5 Å². The third-order valence-electron chi connectivity index (χ3n) is 3.75. The molecule has 0 nitrogen and oxygen atoms in total. The molecule has 0 aliphatic carbocycles. The van der Waals surface area contributed by atoms with E-state index in [-0.39, 0.29) is 25.7 Å². The van der Waals surface area contributed by atoms with Gasteiger partial charge in [-0.05, 0) is 42.3 Å². The highest BCUT2D eigenvalue weighted by molar-refractivity contribution is 7.97. The maximum absolute atomic E-state index is 2.22. The summed E-state index contributed by atoms with van der Waals surface area (Å²) in [7, 11) is -0.0146. The standard InChI is InChI=1S/C18H15S.C5H12.3C2H6.2CH4/c1-4-10-16(11-5-1)19(17-12-6-2-7-13-17)18-14-8-3-9-15-18;1-4-5(2)3;3*1-2;;/h1-15H;5H,4H2,1-3H3;3*1-2H3;2*1H4/q+1;;;;;;. The van der Waals surface area contributed by atoms with E-state index >= 15 is 0 Å². The van der Waals surface area contributed by atoms with Crippen LogP contribution in [0.2, 0.25) is 0 Å². The van der Waals surface area contributed by atoms with Crippen LogP contribution < -0.4 is 0 Å². The number of rotatable bonds is 4. The van der Waals surface area contributed by atoms with E-state index in [0.29, 0.717) is 0 Å². The van der Waals surface area contributed by atoms with E-state index in [0.717, 1.165) is 5.92 Å². The summed E-state index contributed by atoms with van der Waals surface area (Å²) in [6, 6.07) is 32.2. The molecule has 0 aliphatic heterocycles. The molecule has 3 aromatic rings. The van der Waals surface area contributed by atoms with Crippen LogP contribution in [0.5, 0.6) is 0 Å². The second-order valence-electron chi connectivity index (χ2n) is 6.05. The van der Waals surface area contributed by atoms with Crippen molar-refractivity contribution in [3.8, 4) is 0 Å². The van der Waals surface area contributed by atoms with Crippen LogP contribution >= 0.6 is 0 Å². The van der Waals surface area contributed by atoms with Gasteiger partial charge < -0.3 is 0 Å². The minimum Gasteiger partial charge on any atom is -0.0776 e. The largest absolute Gasteiger partial charge is 0.166 e. The van der Waals surface area contributed by atoms with Crippen molar-refractivity contribution in [3.63, 3.8) is 0 Å². The molecule has 0 spiro atoms. The lowest BCUT2D eigenvalue weighted by atomic mass is 10.2. The molecule has 3 aromatic carbocycles. The van der Waals surface area contributed by atoms with Crippen LogP contribution in [0.4, 0.5) is 0 Å². The van der Waals surface area contributed by atoms with Crippen LogP contribution in [-0.2, 0) is 10.9 Å². The molecule has 0 amide bonds. The molecule has 3 rings (SSSR count). The highest BCUT2D eigenvalue weighted by Gasteiger charge is 2.27. The molecule has 32 heavy (non-hydrogen) atoms. The van der Waals surface area contributed by atoms with Gasteiger partial charge in [-0.3, -0.25) is 0 Å². The Morgan fingerprint density at radius 1 is 0.500 bits per heavy atom. The van der Waals surface area contributed by atoms with Crippen LogP contribution in [0.1, 0.15) is 83.6 Å². The normalized spacial score (nSPS) is 8.34. The first-order valence-electron chi connectivity index (χ1n) is 11.6. The van der Waals surface area contributed by atoms with Crippen molar-refractivity contribution in [2.45, 2.75) is 98.3 Å². The molecule has 0 saturated carbocycles. The molecule has 0 aliphatic rings. The lowest BCUT2D eigenvalue weighted by Crippen LogP contribution is -2.04. The second kappa shape index (κ2) is 27.0. The number of hydrogen-bond donors (Lipinski definition) is 0. The van der Waals surface area contributed by atoms with Gasteiger partial charge in [-0.1, -0.05) is 138 Å². The topological polar surface area (TPSA) is 0 Å². The highest BCUT2D eigenvalue weighted by atomic mass is 32.2. The lowest BCUT2D eigenvalue weighted by Gasteiger charge is -2.07. The summed E-state index contributed by atoms with van der Waals surface area (Å²) in [5, 5.41) is 0. The number of hydrogen-bond acceptors (Lipinski definition) is 0. The maximum Gasteiger partial charge on any atom is 0.166 e. The Labute approximate surface area is 205 Å². The van der Waals surface area contributed by atoms with Crippen molar-refractivity contribution < 1.29 is 0 Å². The Morgan fingerprint density at radius 2 is 0.688 bits per heavy atom. The number of benzene rings is 3. The Hall–Kier alpha value is -1.99. The van der Waals surface area contributed by atoms with Gasteiger partial charge >= 0.3 is 0 Å². The molecule has 1 heteroatoms. The molecule has 182 valence electrons. The fraction of sp³-hybridized carbons (Fsp3) is 0.419. The first kappa shape index (κ1) is 37.3. The second-order valence-corrected chi connectivity index (χ2v) is 8.07. The maximum atomic E-state index is 2.22. The van der Waals surface area contributed by atoms with Gasteiger partial charge in [0.1, 0.15) is 0 Å². The van der Waals surface area contributed by atoms with Crippen molar-refractivity contribution in [1.82, 2.24) is 0 Å². The summed E-state index contributed by atoms with van der Waals surface area (Å²) in [5.74, 6) is 0.884. The van der Waals surface area contributed by atoms with Gasteiger partial charge in [0.05, 0.1) is 10.9 Å². The van der Waals surface area contributed by atoms with Gasteiger partial charge in [0.25, 0.3) is 0 Å². The zero-order chi connectivity index (χ0) is 23.2. The Kier molecular flexibility index (Phi) is 31.6. The van der Waals surface area contributed by atoms with Crippen LogP contribution in [0.3, 0.4) is 0 Å². The molecule has 0 bridgehead atoms. The zero-order valence-corrected chi connectivity index (χ0v) is 21.7. The molecular formula is C31H53S+. The van der Waals surface area contributed by atoms with Gasteiger partial charge in [0.15, 0.2) is 14.7 Å². The van der Waals surface area contributed by atoms with E-state index in [1.165, 1.54) is 21.1 Å². The fourth-order valence-corrected chi connectivity index (χ4v) is 4.18. The predicted molar refractivity (Wildman–Crippen MR) is 154 cm³/mol. The van der Waals surface area contributed by atoms with E-state index in [4.69, 9.17) is 0 Å². The molecule has 0 unspecified atom stereocenters. The van der Waals surface area contributed by atoms with Crippen LogP contribution in [0, 0.1) is 5.92 Å². The molecule has 0 atom stereocenters. The summed E-state index contributed by atoms with van der Waals surface area (Å²) in [5.41, 5.74) is 0. The first-order valence-corrected chi connectivity index (χ1v) is 12.8. The summed E-state index contributed by atoms with van der Waals surface area (Å²) in [6.07, 6.45) is 1.31. The average Bonchev–Trinajstić information content (AvgIpc) is 2.85. The Bertz CT molecular complexity index is 582. The quantitative estimate of drug-likeness (QED) is 0.342. The van der Waals surface area contributed by atoms with E-state index in [1.54, 1.807) is 0 Å². The lowest BCUT2D eigenvalue weighted by molar-refractivity contribution is 0.626. The Balaban J connectivity index is -0.000000261. The van der Waals surface area contributed by atoms with Crippen molar-refractivity contribution in [2.75, 3.05) is 0 Å². The minimum atomic E-state index is -0.0146. The van der Waals surface area contributed by atoms with Crippen molar-refractivity contribution in [2.24, 2.45) is 5.92 Å². The SMILES string of the molecule is C.C.CC.CC.CC.CCC(C)C.c1ccc([S+](c2ccccc2)c2ccccc2)cc1. The highest BCUT2D eigenvalue weighted by Crippen LogP contribution is 2.30. The van der Waals surface area contributed by atoms with Gasteiger partial charge in [0.2, 0.25) is 0 Å². The van der Waals surface area contributed by atoms with E-state index in [9.17, 15) is 0 Å². The summed E-state index contributed by atoms with van der Waals surface area (Å²) < 4.78 is 0. The summed E-state index contributed by atoms with van der Waals surface area (Å²) in [4.78, 5) is 4.08. The van der Waals surface area contributed by atoms with E-state index in [2.05, 4.69) is 112 Å². The molecule has 0 heterocycles. The fourth-order valence-electron chi connectivity index (χ4n) is 2.08. The van der Waals surface area contributed by atoms with Crippen molar-refractivity contribution in [1.29, 1.82) is 0 Å². The predicted octanol–water partition coefficient (Wildman–Crippen LogP) is 11.2. The van der Waals surface area contributed by atoms with Gasteiger partial charge in [-0.25, -0.2) is 0 Å². The van der Waals surface area contributed by atoms with Gasteiger partial charge in [-0.15, -0.1) is 0 Å². The van der Waals surface area contributed by atoms with E-state index < -0.39 is 0 Å². The van der Waals surface area contributed by atoms with Crippen LogP contribution in [0.15, 0.2) is 106 Å². The molecule has 0 aromatic heterocycles. The van der Waals surface area contributed by atoms with Crippen molar-refractivity contribution in [3.05, 3.63) is 91.0 Å². The van der Waals surface area contributed by atoms with Crippen LogP contribution in [0.25, 0.3) is 0 Å². The molecule has 0 N–H and O–H groups in total. The zero-order valence-electron chi connectivity index (χ0n) is 20.9. The summed E-state index contributed by atoms with van der Waals surface area (Å²) >= 11 is 0. The first-order chi connectivity index (χ1) is 14.7. The monoisotopic (exact) mass is 457 g/mol. The van der Waals surface area contributed by atoms with Crippen LogP contribution in [-0.4, -0.2) is 0 Å². The third-order valence-corrected chi connectivity index (χ3v) is 5.98. The van der Waals surface area contributed by atoms with Crippen molar-refractivity contribution >= 4 is 10.9 Å². The molecule has 0 radical (unpaired) electrons. The average molecular weight is 458 g/mol.